The van der Waals surface area contributed by atoms with Gasteiger partial charge in [-0.2, -0.15) is 0 Å². The average Bonchev–Trinajstić information content (AvgIpc) is 3.18. The molecule has 5 aromatic rings. The summed E-state index contributed by atoms with van der Waals surface area (Å²) in [6, 6.07) is 20.9. The Morgan fingerprint density at radius 1 is 0.783 bits per heavy atom. The minimum absolute atomic E-state index is 0.832. The van der Waals surface area contributed by atoms with E-state index < -0.39 is 0 Å². The van der Waals surface area contributed by atoms with E-state index in [9.17, 15) is 0 Å². The SMILES string of the molecule is Clc1c2sc(-c3ccccc3)nc2cc2c1sc1ccccc12. The minimum atomic E-state index is 0.832. The van der Waals surface area contributed by atoms with Crippen molar-refractivity contribution >= 4 is 64.7 Å². The number of benzene rings is 3. The van der Waals surface area contributed by atoms with E-state index >= 15 is 0 Å². The predicted octanol–water partition coefficient (Wildman–Crippen LogP) is 6.98. The molecule has 23 heavy (non-hydrogen) atoms. The Kier molecular flexibility index (Phi) is 2.95. The second-order valence-electron chi connectivity index (χ2n) is 5.40. The molecule has 1 nitrogen and oxygen atoms in total. The molecule has 2 heterocycles. The van der Waals surface area contributed by atoms with Gasteiger partial charge in [0.05, 0.1) is 19.9 Å². The van der Waals surface area contributed by atoms with E-state index in [2.05, 4.69) is 42.5 Å². The van der Waals surface area contributed by atoms with Gasteiger partial charge < -0.3 is 0 Å². The molecule has 0 N–H and O–H groups in total. The molecule has 0 aliphatic carbocycles. The Hall–Kier alpha value is -1.94. The van der Waals surface area contributed by atoms with Crippen LogP contribution in [0.3, 0.4) is 0 Å². The quantitative estimate of drug-likeness (QED) is 0.317. The van der Waals surface area contributed by atoms with Crippen molar-refractivity contribution in [3.8, 4) is 10.6 Å². The molecule has 0 aliphatic rings. The predicted molar refractivity (Wildman–Crippen MR) is 103 cm³/mol. The number of fused-ring (bicyclic) bond motifs is 4. The van der Waals surface area contributed by atoms with Crippen LogP contribution < -0.4 is 0 Å². The number of rotatable bonds is 1. The van der Waals surface area contributed by atoms with Crippen LogP contribution in [0.2, 0.25) is 5.02 Å². The molecule has 0 bridgehead atoms. The first-order valence-electron chi connectivity index (χ1n) is 7.27. The summed E-state index contributed by atoms with van der Waals surface area (Å²) in [5.41, 5.74) is 2.12. The van der Waals surface area contributed by atoms with E-state index in [4.69, 9.17) is 16.6 Å². The van der Waals surface area contributed by atoms with Gasteiger partial charge in [-0.3, -0.25) is 0 Å². The van der Waals surface area contributed by atoms with Gasteiger partial charge in [0, 0.05) is 21.0 Å². The van der Waals surface area contributed by atoms with E-state index in [1.165, 1.54) is 15.5 Å². The highest BCUT2D eigenvalue weighted by Gasteiger charge is 2.15. The van der Waals surface area contributed by atoms with Crippen molar-refractivity contribution in [2.75, 3.05) is 0 Å². The highest BCUT2D eigenvalue weighted by atomic mass is 35.5. The molecule has 0 radical (unpaired) electrons. The van der Waals surface area contributed by atoms with Gasteiger partial charge in [0.25, 0.3) is 0 Å². The van der Waals surface area contributed by atoms with Gasteiger partial charge in [0.1, 0.15) is 5.01 Å². The fourth-order valence-electron chi connectivity index (χ4n) is 2.90. The van der Waals surface area contributed by atoms with Gasteiger partial charge in [-0.15, -0.1) is 22.7 Å². The zero-order chi connectivity index (χ0) is 15.4. The van der Waals surface area contributed by atoms with E-state index in [0.29, 0.717) is 0 Å². The van der Waals surface area contributed by atoms with Crippen LogP contribution in [0.5, 0.6) is 0 Å². The third-order valence-corrected chi connectivity index (χ3v) is 6.93. The molecule has 5 rings (SSSR count). The van der Waals surface area contributed by atoms with Crippen LogP contribution in [0.25, 0.3) is 41.0 Å². The maximum atomic E-state index is 6.73. The van der Waals surface area contributed by atoms with Crippen molar-refractivity contribution in [2.45, 2.75) is 0 Å². The number of nitrogens with zero attached hydrogens (tertiary/aromatic N) is 1. The normalized spacial score (nSPS) is 11.7. The Bertz CT molecular complexity index is 1170. The van der Waals surface area contributed by atoms with Crippen molar-refractivity contribution in [2.24, 2.45) is 0 Å². The summed E-state index contributed by atoms with van der Waals surface area (Å²) in [4.78, 5) is 4.82. The Morgan fingerprint density at radius 2 is 1.57 bits per heavy atom. The topological polar surface area (TPSA) is 12.9 Å². The van der Waals surface area contributed by atoms with Crippen LogP contribution in [0.1, 0.15) is 0 Å². The lowest BCUT2D eigenvalue weighted by atomic mass is 10.1. The van der Waals surface area contributed by atoms with Crippen LogP contribution in [-0.2, 0) is 0 Å². The first kappa shape index (κ1) is 13.5. The Morgan fingerprint density at radius 3 is 2.43 bits per heavy atom. The lowest BCUT2D eigenvalue weighted by Crippen LogP contribution is -1.74. The maximum absolute atomic E-state index is 6.73. The summed E-state index contributed by atoms with van der Waals surface area (Å²) in [6.45, 7) is 0. The fourth-order valence-corrected chi connectivity index (χ4v) is 5.51. The molecule has 0 amide bonds. The molecule has 0 saturated heterocycles. The van der Waals surface area contributed by atoms with Crippen LogP contribution in [-0.4, -0.2) is 4.98 Å². The Balaban J connectivity index is 1.86. The van der Waals surface area contributed by atoms with Gasteiger partial charge in [0.2, 0.25) is 0 Å². The standard InChI is InChI=1S/C19H10ClNS2/c20-16-17-13(12-8-4-5-9-15(12)22-17)10-14-18(16)23-19(21-14)11-6-2-1-3-7-11/h1-10H. The van der Waals surface area contributed by atoms with E-state index in [1.807, 2.05) is 18.2 Å². The number of aromatic nitrogens is 1. The maximum Gasteiger partial charge on any atom is 0.124 e. The van der Waals surface area contributed by atoms with Crippen LogP contribution in [0, 0.1) is 0 Å². The molecule has 2 aromatic heterocycles. The molecular weight excluding hydrogens is 342 g/mol. The fraction of sp³-hybridized carbons (Fsp3) is 0. The van der Waals surface area contributed by atoms with E-state index in [1.54, 1.807) is 22.7 Å². The van der Waals surface area contributed by atoms with Gasteiger partial charge in [-0.25, -0.2) is 4.98 Å². The van der Waals surface area contributed by atoms with Crippen molar-refractivity contribution in [3.63, 3.8) is 0 Å². The summed E-state index contributed by atoms with van der Waals surface area (Å²) in [5, 5.41) is 4.31. The van der Waals surface area contributed by atoms with Gasteiger partial charge in [0.15, 0.2) is 0 Å². The first-order valence-corrected chi connectivity index (χ1v) is 9.28. The molecule has 0 fully saturated rings. The summed E-state index contributed by atoms with van der Waals surface area (Å²) < 4.78 is 3.50. The highest BCUT2D eigenvalue weighted by Crippen LogP contribution is 2.44. The second kappa shape index (κ2) is 5.03. The highest BCUT2D eigenvalue weighted by molar-refractivity contribution is 7.27. The van der Waals surface area contributed by atoms with Crippen molar-refractivity contribution in [1.29, 1.82) is 0 Å². The van der Waals surface area contributed by atoms with Crippen molar-refractivity contribution < 1.29 is 0 Å². The third-order valence-electron chi connectivity index (χ3n) is 3.99. The van der Waals surface area contributed by atoms with Crippen LogP contribution >= 0.6 is 34.3 Å². The van der Waals surface area contributed by atoms with Crippen molar-refractivity contribution in [3.05, 3.63) is 65.7 Å². The molecule has 0 unspecified atom stereocenters. The molecular formula is C19H10ClNS2. The van der Waals surface area contributed by atoms with Gasteiger partial charge >= 0.3 is 0 Å². The first-order chi connectivity index (χ1) is 11.3. The van der Waals surface area contributed by atoms with Crippen molar-refractivity contribution in [1.82, 2.24) is 4.98 Å². The largest absolute Gasteiger partial charge is 0.236 e. The summed E-state index contributed by atoms with van der Waals surface area (Å²) >= 11 is 10.1. The van der Waals surface area contributed by atoms with Crippen LogP contribution in [0.15, 0.2) is 60.7 Å². The van der Waals surface area contributed by atoms with E-state index in [-0.39, 0.29) is 0 Å². The molecule has 0 atom stereocenters. The van der Waals surface area contributed by atoms with Gasteiger partial charge in [-0.05, 0) is 12.1 Å². The summed E-state index contributed by atoms with van der Waals surface area (Å²) in [5.74, 6) is 0. The van der Waals surface area contributed by atoms with Crippen LogP contribution in [0.4, 0.5) is 0 Å². The number of hydrogen-bond acceptors (Lipinski definition) is 3. The molecule has 3 aromatic carbocycles. The summed E-state index contributed by atoms with van der Waals surface area (Å²) in [6.07, 6.45) is 0. The van der Waals surface area contributed by atoms with E-state index in [0.717, 1.165) is 30.5 Å². The minimum Gasteiger partial charge on any atom is -0.236 e. The summed E-state index contributed by atoms with van der Waals surface area (Å²) in [7, 11) is 0. The number of halogens is 1. The molecule has 0 saturated carbocycles. The third kappa shape index (κ3) is 2.01. The second-order valence-corrected chi connectivity index (χ2v) is 7.83. The lowest BCUT2D eigenvalue weighted by molar-refractivity contribution is 1.48. The van der Waals surface area contributed by atoms with Gasteiger partial charge in [-0.1, -0.05) is 60.1 Å². The Labute approximate surface area is 145 Å². The molecule has 0 spiro atoms. The number of hydrogen-bond donors (Lipinski definition) is 0. The smallest absolute Gasteiger partial charge is 0.124 e. The zero-order valence-corrected chi connectivity index (χ0v) is 14.3. The average molecular weight is 352 g/mol. The monoisotopic (exact) mass is 351 g/mol. The number of thiophene rings is 1. The molecule has 0 aliphatic heterocycles. The zero-order valence-electron chi connectivity index (χ0n) is 11.9. The number of thiazole rings is 1. The lowest BCUT2D eigenvalue weighted by Gasteiger charge is -1.95. The molecule has 110 valence electrons. The molecule has 4 heteroatoms.